The van der Waals surface area contributed by atoms with Gasteiger partial charge >= 0.3 is 0 Å². The number of nitrogens with one attached hydrogen (secondary N) is 1. The maximum atomic E-state index is 3.59. The molecule has 2 atom stereocenters. The van der Waals surface area contributed by atoms with Crippen molar-refractivity contribution >= 4 is 0 Å². The van der Waals surface area contributed by atoms with E-state index in [0.717, 1.165) is 19.0 Å². The van der Waals surface area contributed by atoms with E-state index in [1.807, 2.05) is 0 Å². The third-order valence-corrected chi connectivity index (χ3v) is 5.30. The first-order chi connectivity index (χ1) is 10.1. The zero-order valence-electron chi connectivity index (χ0n) is 13.9. The van der Waals surface area contributed by atoms with Gasteiger partial charge in [-0.3, -0.25) is 4.90 Å². The lowest BCUT2D eigenvalue weighted by atomic mass is 9.80. The second kappa shape index (κ2) is 6.10. The van der Waals surface area contributed by atoms with Crippen LogP contribution >= 0.6 is 0 Å². The van der Waals surface area contributed by atoms with Gasteiger partial charge in [-0.15, -0.1) is 0 Å². The van der Waals surface area contributed by atoms with Crippen LogP contribution in [0.3, 0.4) is 0 Å². The summed E-state index contributed by atoms with van der Waals surface area (Å²) in [7, 11) is 0. The van der Waals surface area contributed by atoms with Crippen LogP contribution in [0, 0.1) is 5.41 Å². The van der Waals surface area contributed by atoms with Crippen LogP contribution in [0.25, 0.3) is 0 Å². The molecule has 1 heterocycles. The fourth-order valence-electron chi connectivity index (χ4n) is 4.15. The molecule has 1 saturated heterocycles. The van der Waals surface area contributed by atoms with Gasteiger partial charge in [0.2, 0.25) is 0 Å². The molecule has 1 fully saturated rings. The predicted octanol–water partition coefficient (Wildman–Crippen LogP) is 3.43. The molecule has 1 N–H and O–H groups in total. The second-order valence-corrected chi connectivity index (χ2v) is 7.87. The molecular formula is C19H30N2. The minimum atomic E-state index is 0.349. The number of piperazine rings is 1. The van der Waals surface area contributed by atoms with Gasteiger partial charge in [-0.2, -0.15) is 0 Å². The van der Waals surface area contributed by atoms with Crippen molar-refractivity contribution in [1.29, 1.82) is 0 Å². The van der Waals surface area contributed by atoms with Crippen LogP contribution in [0.15, 0.2) is 24.3 Å². The van der Waals surface area contributed by atoms with Gasteiger partial charge in [0.1, 0.15) is 0 Å². The van der Waals surface area contributed by atoms with E-state index in [1.54, 1.807) is 11.1 Å². The highest BCUT2D eigenvalue weighted by Crippen LogP contribution is 2.34. The van der Waals surface area contributed by atoms with Crippen molar-refractivity contribution in [2.75, 3.05) is 26.2 Å². The van der Waals surface area contributed by atoms with Gasteiger partial charge in [0, 0.05) is 32.2 Å². The summed E-state index contributed by atoms with van der Waals surface area (Å²) in [5, 5.41) is 3.59. The summed E-state index contributed by atoms with van der Waals surface area (Å²) in [6.45, 7) is 11.9. The highest BCUT2D eigenvalue weighted by Gasteiger charge is 2.34. The van der Waals surface area contributed by atoms with Crippen molar-refractivity contribution in [2.24, 2.45) is 5.41 Å². The lowest BCUT2D eigenvalue weighted by molar-refractivity contribution is 0.0680. The average molecular weight is 286 g/mol. The third-order valence-electron chi connectivity index (χ3n) is 5.30. The molecule has 3 rings (SSSR count). The summed E-state index contributed by atoms with van der Waals surface area (Å²) >= 11 is 0. The van der Waals surface area contributed by atoms with Gasteiger partial charge in [-0.1, -0.05) is 45.0 Å². The number of aryl methyl sites for hydroxylation is 1. The average Bonchev–Trinajstić information content (AvgIpc) is 2.47. The number of hydrogen-bond donors (Lipinski definition) is 1. The number of rotatable bonds is 2. The first kappa shape index (κ1) is 15.1. The SMILES string of the molecule is CC(C)(C)C1CNCCN1CC1CCCc2ccccc21. The van der Waals surface area contributed by atoms with Crippen LogP contribution < -0.4 is 5.32 Å². The summed E-state index contributed by atoms with van der Waals surface area (Å²) in [5.41, 5.74) is 3.56. The Labute approximate surface area is 129 Å². The number of fused-ring (bicyclic) bond motifs is 1. The molecule has 2 unspecified atom stereocenters. The topological polar surface area (TPSA) is 15.3 Å². The Balaban J connectivity index is 1.77. The number of hydrogen-bond acceptors (Lipinski definition) is 2. The van der Waals surface area contributed by atoms with Crippen LogP contribution in [0.2, 0.25) is 0 Å². The normalized spacial score (nSPS) is 27.4. The fourth-order valence-corrected chi connectivity index (χ4v) is 4.15. The molecule has 2 nitrogen and oxygen atoms in total. The third kappa shape index (κ3) is 3.32. The molecule has 21 heavy (non-hydrogen) atoms. The quantitative estimate of drug-likeness (QED) is 0.896. The minimum absolute atomic E-state index is 0.349. The lowest BCUT2D eigenvalue weighted by Crippen LogP contribution is -2.57. The molecule has 1 aromatic rings. The summed E-state index contributed by atoms with van der Waals surface area (Å²) in [4.78, 5) is 2.75. The minimum Gasteiger partial charge on any atom is -0.314 e. The van der Waals surface area contributed by atoms with Crippen LogP contribution in [0.4, 0.5) is 0 Å². The molecule has 0 spiro atoms. The van der Waals surface area contributed by atoms with E-state index >= 15 is 0 Å². The Morgan fingerprint density at radius 2 is 2.05 bits per heavy atom. The van der Waals surface area contributed by atoms with Crippen molar-refractivity contribution in [1.82, 2.24) is 10.2 Å². The van der Waals surface area contributed by atoms with Crippen LogP contribution in [-0.4, -0.2) is 37.1 Å². The zero-order chi connectivity index (χ0) is 14.9. The van der Waals surface area contributed by atoms with Gasteiger partial charge in [0.05, 0.1) is 0 Å². The Morgan fingerprint density at radius 3 is 2.86 bits per heavy atom. The molecular weight excluding hydrogens is 256 g/mol. The van der Waals surface area contributed by atoms with E-state index in [4.69, 9.17) is 0 Å². The Morgan fingerprint density at radius 1 is 1.24 bits per heavy atom. The van der Waals surface area contributed by atoms with Gasteiger partial charge in [-0.25, -0.2) is 0 Å². The van der Waals surface area contributed by atoms with E-state index in [-0.39, 0.29) is 0 Å². The van der Waals surface area contributed by atoms with Gasteiger partial charge in [0.15, 0.2) is 0 Å². The second-order valence-electron chi connectivity index (χ2n) is 7.87. The van der Waals surface area contributed by atoms with Crippen LogP contribution in [-0.2, 0) is 6.42 Å². The Kier molecular flexibility index (Phi) is 4.37. The molecule has 0 amide bonds. The van der Waals surface area contributed by atoms with Crippen molar-refractivity contribution in [2.45, 2.75) is 52.0 Å². The van der Waals surface area contributed by atoms with Crippen molar-refractivity contribution in [3.63, 3.8) is 0 Å². The molecule has 1 aliphatic heterocycles. The highest BCUT2D eigenvalue weighted by atomic mass is 15.2. The Bertz CT molecular complexity index is 475. The van der Waals surface area contributed by atoms with E-state index in [1.165, 1.54) is 32.4 Å². The van der Waals surface area contributed by atoms with E-state index in [2.05, 4.69) is 55.3 Å². The maximum absolute atomic E-state index is 3.59. The largest absolute Gasteiger partial charge is 0.314 e. The van der Waals surface area contributed by atoms with Crippen molar-refractivity contribution in [3.8, 4) is 0 Å². The van der Waals surface area contributed by atoms with Crippen LogP contribution in [0.1, 0.15) is 50.7 Å². The molecule has 2 aliphatic rings. The van der Waals surface area contributed by atoms with E-state index in [0.29, 0.717) is 11.5 Å². The van der Waals surface area contributed by atoms with Gasteiger partial charge in [-0.05, 0) is 41.7 Å². The van der Waals surface area contributed by atoms with Crippen molar-refractivity contribution < 1.29 is 0 Å². The zero-order valence-corrected chi connectivity index (χ0v) is 13.9. The molecule has 0 bridgehead atoms. The molecule has 116 valence electrons. The van der Waals surface area contributed by atoms with Crippen LogP contribution in [0.5, 0.6) is 0 Å². The lowest BCUT2D eigenvalue weighted by Gasteiger charge is -2.45. The molecule has 2 heteroatoms. The maximum Gasteiger partial charge on any atom is 0.0269 e. The van der Waals surface area contributed by atoms with Crippen molar-refractivity contribution in [3.05, 3.63) is 35.4 Å². The first-order valence-electron chi connectivity index (χ1n) is 8.58. The number of nitrogens with zero attached hydrogens (tertiary/aromatic N) is 1. The molecule has 0 radical (unpaired) electrons. The molecule has 0 aromatic heterocycles. The standard InChI is InChI=1S/C19H30N2/c1-19(2,3)18-13-20-11-12-21(18)14-16-9-6-8-15-7-4-5-10-17(15)16/h4-5,7,10,16,18,20H,6,8-9,11-14H2,1-3H3. The summed E-state index contributed by atoms with van der Waals surface area (Å²) in [6.07, 6.45) is 3.99. The fraction of sp³-hybridized carbons (Fsp3) is 0.684. The van der Waals surface area contributed by atoms with E-state index in [9.17, 15) is 0 Å². The Hall–Kier alpha value is -0.860. The molecule has 1 aliphatic carbocycles. The summed E-state index contributed by atoms with van der Waals surface area (Å²) in [5.74, 6) is 0.734. The molecule has 0 saturated carbocycles. The highest BCUT2D eigenvalue weighted by molar-refractivity contribution is 5.32. The smallest absolute Gasteiger partial charge is 0.0269 e. The first-order valence-corrected chi connectivity index (χ1v) is 8.58. The van der Waals surface area contributed by atoms with Gasteiger partial charge < -0.3 is 5.32 Å². The monoisotopic (exact) mass is 286 g/mol. The van der Waals surface area contributed by atoms with E-state index < -0.39 is 0 Å². The molecule has 1 aromatic carbocycles. The predicted molar refractivity (Wildman–Crippen MR) is 89.8 cm³/mol. The van der Waals surface area contributed by atoms with Gasteiger partial charge in [0.25, 0.3) is 0 Å². The summed E-state index contributed by atoms with van der Waals surface area (Å²) in [6, 6.07) is 9.77. The summed E-state index contributed by atoms with van der Waals surface area (Å²) < 4.78 is 0. The number of benzene rings is 1.